The molecule has 1 saturated heterocycles. The second kappa shape index (κ2) is 11.1. The smallest absolute Gasteiger partial charge is 0.227 e. The molecule has 3 rings (SSSR count). The number of halogens is 2. The Hall–Kier alpha value is -2.19. The zero-order valence-corrected chi connectivity index (χ0v) is 18.2. The highest BCUT2D eigenvalue weighted by Crippen LogP contribution is 2.26. The number of hydrogen-bond donors (Lipinski definition) is 1. The molecule has 154 valence electrons. The number of nitrogens with zero attached hydrogens (tertiary/aromatic N) is 2. The molecular weight excluding hydrogens is 405 g/mol. The van der Waals surface area contributed by atoms with Gasteiger partial charge in [-0.15, -0.1) is 12.8 Å². The second-order valence-electron chi connectivity index (χ2n) is 7.12. The largest absolute Gasteiger partial charge is 0.399 e. The number of amides is 1. The second-order valence-corrected chi connectivity index (χ2v) is 7.94. The molecule has 6 heteroatoms. The van der Waals surface area contributed by atoms with Gasteiger partial charge in [-0.3, -0.25) is 4.79 Å². The molecule has 0 aromatic heterocycles. The fraction of sp³-hybridized carbons (Fsp3) is 0.348. The van der Waals surface area contributed by atoms with Gasteiger partial charge in [0.1, 0.15) is 0 Å². The molecule has 4 nitrogen and oxygen atoms in total. The van der Waals surface area contributed by atoms with Crippen molar-refractivity contribution in [3.63, 3.8) is 0 Å². The van der Waals surface area contributed by atoms with Gasteiger partial charge in [0.05, 0.1) is 22.5 Å². The molecule has 1 atom stereocenters. The molecule has 0 radical (unpaired) electrons. The highest BCUT2D eigenvalue weighted by molar-refractivity contribution is 6.42. The van der Waals surface area contributed by atoms with Crippen LogP contribution in [0.2, 0.25) is 10.0 Å². The zero-order chi connectivity index (χ0) is 21.4. The summed E-state index contributed by atoms with van der Waals surface area (Å²) in [5, 5.41) is 0.960. The molecule has 0 bridgehead atoms. The Morgan fingerprint density at radius 1 is 1.14 bits per heavy atom. The first-order valence-corrected chi connectivity index (χ1v) is 10.3. The molecule has 0 aliphatic carbocycles. The van der Waals surface area contributed by atoms with E-state index < -0.39 is 0 Å². The van der Waals surface area contributed by atoms with Crippen LogP contribution in [0.5, 0.6) is 0 Å². The Balaban J connectivity index is 0.00000145. The minimum absolute atomic E-state index is 0.0399. The molecule has 1 amide bonds. The maximum absolute atomic E-state index is 13.0. The first kappa shape index (κ1) is 23.1. The summed E-state index contributed by atoms with van der Waals surface area (Å²) in [6.07, 6.45) is 10.7. The van der Waals surface area contributed by atoms with Gasteiger partial charge in [-0.2, -0.15) is 0 Å². The minimum atomic E-state index is -0.0399. The van der Waals surface area contributed by atoms with Gasteiger partial charge in [0.25, 0.3) is 0 Å². The lowest BCUT2D eigenvalue weighted by atomic mass is 10.0. The third kappa shape index (κ3) is 6.40. The quantitative estimate of drug-likeness (QED) is 0.534. The summed E-state index contributed by atoms with van der Waals surface area (Å²) in [6, 6.07) is 13.1. The molecule has 0 spiro atoms. The number of anilines is 1. The summed E-state index contributed by atoms with van der Waals surface area (Å²) >= 11 is 12.1. The lowest BCUT2D eigenvalue weighted by Crippen LogP contribution is -2.39. The number of likely N-dealkylation sites (tertiary alicyclic amines) is 1. The first-order valence-electron chi connectivity index (χ1n) is 9.55. The predicted molar refractivity (Wildman–Crippen MR) is 122 cm³/mol. The van der Waals surface area contributed by atoms with Gasteiger partial charge in [0.2, 0.25) is 5.91 Å². The van der Waals surface area contributed by atoms with Crippen molar-refractivity contribution in [1.82, 2.24) is 9.80 Å². The van der Waals surface area contributed by atoms with Gasteiger partial charge in [-0.05, 0) is 61.3 Å². The van der Waals surface area contributed by atoms with E-state index in [0.717, 1.165) is 30.8 Å². The lowest BCUT2D eigenvalue weighted by Gasteiger charge is -2.32. The monoisotopic (exact) mass is 431 g/mol. The maximum Gasteiger partial charge on any atom is 0.227 e. The van der Waals surface area contributed by atoms with Crippen LogP contribution >= 0.6 is 23.2 Å². The number of nitrogen functional groups attached to an aromatic ring is 1. The van der Waals surface area contributed by atoms with Crippen molar-refractivity contribution >= 4 is 34.8 Å². The molecule has 1 aliphatic rings. The number of rotatable bonds is 6. The van der Waals surface area contributed by atoms with Crippen LogP contribution < -0.4 is 5.73 Å². The Kier molecular flexibility index (Phi) is 8.85. The SMILES string of the molecule is C#C.CN(C(=O)Cc1ccc(Cl)c(Cl)c1)[C@H](CN1CCCC1)c1cccc(N)c1. The minimum Gasteiger partial charge on any atom is -0.399 e. The predicted octanol–water partition coefficient (Wildman–Crippen LogP) is 4.66. The van der Waals surface area contributed by atoms with Crippen molar-refractivity contribution in [2.45, 2.75) is 25.3 Å². The number of likely N-dealkylation sites (N-methyl/N-ethyl adjacent to an activating group) is 1. The van der Waals surface area contributed by atoms with Crippen LogP contribution in [0.4, 0.5) is 5.69 Å². The molecule has 1 fully saturated rings. The number of nitrogens with two attached hydrogens (primary N) is 1. The van der Waals surface area contributed by atoms with Gasteiger partial charge in [0, 0.05) is 19.3 Å². The summed E-state index contributed by atoms with van der Waals surface area (Å²) in [5.74, 6) is 0.0417. The Morgan fingerprint density at radius 2 is 1.83 bits per heavy atom. The van der Waals surface area contributed by atoms with Crippen molar-refractivity contribution in [3.8, 4) is 12.8 Å². The van der Waals surface area contributed by atoms with Crippen molar-refractivity contribution in [2.24, 2.45) is 0 Å². The van der Waals surface area contributed by atoms with Crippen LogP contribution in [0.15, 0.2) is 42.5 Å². The maximum atomic E-state index is 13.0. The van der Waals surface area contributed by atoms with Gasteiger partial charge < -0.3 is 15.5 Å². The van der Waals surface area contributed by atoms with E-state index in [1.165, 1.54) is 12.8 Å². The van der Waals surface area contributed by atoms with Crippen molar-refractivity contribution in [2.75, 3.05) is 32.4 Å². The van der Waals surface area contributed by atoms with Crippen molar-refractivity contribution < 1.29 is 4.79 Å². The summed E-state index contributed by atoms with van der Waals surface area (Å²) in [7, 11) is 1.86. The van der Waals surface area contributed by atoms with E-state index in [1.807, 2.05) is 42.3 Å². The van der Waals surface area contributed by atoms with E-state index in [9.17, 15) is 4.79 Å². The fourth-order valence-corrected chi connectivity index (χ4v) is 3.87. The van der Waals surface area contributed by atoms with Crippen LogP contribution in [-0.2, 0) is 11.2 Å². The van der Waals surface area contributed by atoms with Crippen LogP contribution in [0.3, 0.4) is 0 Å². The third-order valence-corrected chi connectivity index (χ3v) is 5.86. The molecular formula is C23H27Cl2N3O. The van der Waals surface area contributed by atoms with Gasteiger partial charge in [-0.1, -0.05) is 41.4 Å². The highest BCUT2D eigenvalue weighted by atomic mass is 35.5. The number of terminal acetylenes is 1. The number of benzene rings is 2. The van der Waals surface area contributed by atoms with E-state index in [4.69, 9.17) is 28.9 Å². The van der Waals surface area contributed by atoms with Crippen molar-refractivity contribution in [3.05, 3.63) is 63.6 Å². The molecule has 1 heterocycles. The van der Waals surface area contributed by atoms with Gasteiger partial charge in [0.15, 0.2) is 0 Å². The zero-order valence-electron chi connectivity index (χ0n) is 16.7. The number of carbonyl (C=O) groups is 1. The van der Waals surface area contributed by atoms with Crippen LogP contribution in [0, 0.1) is 12.8 Å². The van der Waals surface area contributed by atoms with Crippen molar-refractivity contribution in [1.29, 1.82) is 0 Å². The lowest BCUT2D eigenvalue weighted by molar-refractivity contribution is -0.131. The first-order chi connectivity index (χ1) is 13.9. The molecule has 2 N–H and O–H groups in total. The average Bonchev–Trinajstić information content (AvgIpc) is 3.23. The Morgan fingerprint density at radius 3 is 2.45 bits per heavy atom. The Bertz CT molecular complexity index is 847. The van der Waals surface area contributed by atoms with Crippen LogP contribution in [0.25, 0.3) is 0 Å². The van der Waals surface area contributed by atoms with Crippen LogP contribution in [0.1, 0.15) is 30.0 Å². The summed E-state index contributed by atoms with van der Waals surface area (Å²) < 4.78 is 0. The van der Waals surface area contributed by atoms with E-state index >= 15 is 0 Å². The normalized spacial score (nSPS) is 14.7. The Labute approximate surface area is 183 Å². The van der Waals surface area contributed by atoms with E-state index in [-0.39, 0.29) is 18.4 Å². The molecule has 2 aromatic carbocycles. The van der Waals surface area contributed by atoms with Gasteiger partial charge >= 0.3 is 0 Å². The molecule has 1 aliphatic heterocycles. The molecule has 29 heavy (non-hydrogen) atoms. The van der Waals surface area contributed by atoms with E-state index in [2.05, 4.69) is 17.7 Å². The van der Waals surface area contributed by atoms with E-state index in [1.54, 1.807) is 12.1 Å². The topological polar surface area (TPSA) is 49.6 Å². The standard InChI is InChI=1S/C21H25Cl2N3O.C2H2/c1-25(21(27)12-15-7-8-18(22)19(23)11-15)20(14-26-9-2-3-10-26)16-5-4-6-17(24)13-16;1-2/h4-8,11,13,20H,2-3,9-10,12,14,24H2,1H3;1-2H/t20-;/m1./s1. The van der Waals surface area contributed by atoms with Crippen LogP contribution in [-0.4, -0.2) is 42.4 Å². The molecule has 0 unspecified atom stereocenters. The molecule has 2 aromatic rings. The molecule has 0 saturated carbocycles. The fourth-order valence-electron chi connectivity index (χ4n) is 3.55. The van der Waals surface area contributed by atoms with Gasteiger partial charge in [-0.25, -0.2) is 0 Å². The average molecular weight is 432 g/mol. The number of carbonyl (C=O) groups excluding carboxylic acids is 1. The summed E-state index contributed by atoms with van der Waals surface area (Å²) in [4.78, 5) is 17.2. The summed E-state index contributed by atoms with van der Waals surface area (Å²) in [5.41, 5.74) is 8.62. The highest BCUT2D eigenvalue weighted by Gasteiger charge is 2.26. The van der Waals surface area contributed by atoms with E-state index in [0.29, 0.717) is 15.7 Å². The third-order valence-electron chi connectivity index (χ3n) is 5.13. The summed E-state index contributed by atoms with van der Waals surface area (Å²) in [6.45, 7) is 2.97. The number of hydrogen-bond acceptors (Lipinski definition) is 3.